The average Bonchev–Trinajstić information content (AvgIpc) is 2.65. The first-order chi connectivity index (χ1) is 7.84. The van der Waals surface area contributed by atoms with Crippen LogP contribution in [0.5, 0.6) is 0 Å². The van der Waals surface area contributed by atoms with Crippen LogP contribution in [0, 0.1) is 11.3 Å². The Labute approximate surface area is 104 Å². The third-order valence-corrected chi connectivity index (χ3v) is 3.70. The van der Waals surface area contributed by atoms with Gasteiger partial charge in [0.05, 0.1) is 17.6 Å². The van der Waals surface area contributed by atoms with Crippen LogP contribution in [0.4, 0.5) is 0 Å². The van der Waals surface area contributed by atoms with Crippen LogP contribution in [0.1, 0.15) is 34.1 Å². The van der Waals surface area contributed by atoms with Crippen LogP contribution in [0.2, 0.25) is 0 Å². The Morgan fingerprint density at radius 1 is 1.53 bits per heavy atom. The van der Waals surface area contributed by atoms with Crippen molar-refractivity contribution in [2.75, 3.05) is 26.8 Å². The van der Waals surface area contributed by atoms with E-state index in [0.717, 1.165) is 19.5 Å². The molecule has 2 N–H and O–H groups in total. The Bertz CT molecular complexity index is 269. The number of hydrogen-bond donors (Lipinski definition) is 2. The second-order valence-corrected chi connectivity index (χ2v) is 6.01. The van der Waals surface area contributed by atoms with E-state index < -0.39 is 0 Å². The largest absolute Gasteiger partial charge is 0.382 e. The van der Waals surface area contributed by atoms with Crippen LogP contribution in [-0.4, -0.2) is 38.3 Å². The number of methoxy groups -OCH3 is 1. The maximum Gasteiger partial charge on any atom is 0.228 e. The molecule has 1 fully saturated rings. The van der Waals surface area contributed by atoms with Crippen molar-refractivity contribution in [3.63, 3.8) is 0 Å². The van der Waals surface area contributed by atoms with Gasteiger partial charge >= 0.3 is 0 Å². The van der Waals surface area contributed by atoms with Crippen LogP contribution in [0.3, 0.4) is 0 Å². The Hall–Kier alpha value is -0.610. The Balaban J connectivity index is 2.73. The van der Waals surface area contributed by atoms with E-state index in [1.807, 2.05) is 13.8 Å². The van der Waals surface area contributed by atoms with Crippen molar-refractivity contribution in [2.45, 2.75) is 39.7 Å². The Kier molecular flexibility index (Phi) is 4.55. The summed E-state index contributed by atoms with van der Waals surface area (Å²) < 4.78 is 5.13. The van der Waals surface area contributed by atoms with Crippen molar-refractivity contribution >= 4 is 5.91 Å². The quantitative estimate of drug-likeness (QED) is 0.761. The lowest BCUT2D eigenvalue weighted by Crippen LogP contribution is -2.55. The molecule has 0 saturated carbocycles. The monoisotopic (exact) mass is 242 g/mol. The maximum atomic E-state index is 12.5. The molecule has 1 amide bonds. The van der Waals surface area contributed by atoms with E-state index in [0.29, 0.717) is 12.5 Å². The fraction of sp³-hybridized carbons (Fsp3) is 0.923. The number of ether oxygens (including phenoxy) is 1. The van der Waals surface area contributed by atoms with Crippen molar-refractivity contribution in [2.24, 2.45) is 11.3 Å². The van der Waals surface area contributed by atoms with Gasteiger partial charge in [-0.3, -0.25) is 4.79 Å². The van der Waals surface area contributed by atoms with Crippen LogP contribution < -0.4 is 10.6 Å². The Morgan fingerprint density at radius 2 is 2.18 bits per heavy atom. The summed E-state index contributed by atoms with van der Waals surface area (Å²) in [4.78, 5) is 12.5. The molecule has 1 rings (SSSR count). The zero-order chi connectivity index (χ0) is 13.1. The predicted molar refractivity (Wildman–Crippen MR) is 68.9 cm³/mol. The van der Waals surface area contributed by atoms with E-state index in [-0.39, 0.29) is 16.9 Å². The molecular weight excluding hydrogens is 216 g/mol. The number of carbonyl (C=O) groups excluding carboxylic acids is 1. The molecule has 0 aromatic heterocycles. The molecule has 100 valence electrons. The molecule has 1 unspecified atom stereocenters. The summed E-state index contributed by atoms with van der Waals surface area (Å²) in [5.41, 5.74) is -0.568. The van der Waals surface area contributed by atoms with Crippen molar-refractivity contribution < 1.29 is 9.53 Å². The minimum Gasteiger partial charge on any atom is -0.382 e. The molecule has 4 heteroatoms. The molecule has 1 aliphatic rings. The summed E-state index contributed by atoms with van der Waals surface area (Å²) in [6, 6.07) is 0. The zero-order valence-electron chi connectivity index (χ0n) is 11.7. The smallest absolute Gasteiger partial charge is 0.228 e. The molecular formula is C13H26N2O2. The van der Waals surface area contributed by atoms with Crippen molar-refractivity contribution in [3.05, 3.63) is 0 Å². The summed E-state index contributed by atoms with van der Waals surface area (Å²) >= 11 is 0. The zero-order valence-corrected chi connectivity index (χ0v) is 11.7. The number of rotatable bonds is 5. The normalized spacial score (nSPS) is 25.3. The van der Waals surface area contributed by atoms with Gasteiger partial charge in [-0.1, -0.05) is 13.8 Å². The topological polar surface area (TPSA) is 50.4 Å². The highest BCUT2D eigenvalue weighted by atomic mass is 16.5. The van der Waals surface area contributed by atoms with E-state index in [9.17, 15) is 4.79 Å². The third kappa shape index (κ3) is 3.19. The molecule has 0 aliphatic carbocycles. The number of nitrogens with one attached hydrogen (secondary N) is 2. The first-order valence-corrected chi connectivity index (χ1v) is 6.36. The van der Waals surface area contributed by atoms with Gasteiger partial charge in [0.1, 0.15) is 0 Å². The first-order valence-electron chi connectivity index (χ1n) is 6.36. The third-order valence-electron chi connectivity index (χ3n) is 3.70. The van der Waals surface area contributed by atoms with Crippen LogP contribution in [-0.2, 0) is 9.53 Å². The van der Waals surface area contributed by atoms with E-state index in [4.69, 9.17) is 4.74 Å². The molecule has 0 radical (unpaired) electrons. The highest BCUT2D eigenvalue weighted by molar-refractivity contribution is 5.84. The van der Waals surface area contributed by atoms with Crippen LogP contribution >= 0.6 is 0 Å². The lowest BCUT2D eigenvalue weighted by Gasteiger charge is -2.35. The molecule has 1 aliphatic heterocycles. The van der Waals surface area contributed by atoms with E-state index in [2.05, 4.69) is 24.5 Å². The van der Waals surface area contributed by atoms with Crippen molar-refractivity contribution in [3.8, 4) is 0 Å². The molecule has 4 nitrogen and oxygen atoms in total. The lowest BCUT2D eigenvalue weighted by molar-refractivity contribution is -0.134. The summed E-state index contributed by atoms with van der Waals surface area (Å²) in [6.45, 7) is 10.5. The predicted octanol–water partition coefficient (Wildman–Crippen LogP) is 1.16. The standard InChI is InChI=1S/C13H26N2O2/c1-10(2)13(6-7-14-8-13)11(16)15-12(3,4)9-17-5/h10,14H,6-9H2,1-5H3,(H,15,16). The SMILES string of the molecule is COCC(C)(C)NC(=O)C1(C(C)C)CCNC1. The van der Waals surface area contributed by atoms with Gasteiger partial charge in [0.25, 0.3) is 0 Å². The fourth-order valence-electron chi connectivity index (χ4n) is 2.49. The van der Waals surface area contributed by atoms with Gasteiger partial charge in [-0.25, -0.2) is 0 Å². The molecule has 0 aromatic carbocycles. The summed E-state index contributed by atoms with van der Waals surface area (Å²) in [6.07, 6.45) is 0.916. The van der Waals surface area contributed by atoms with Gasteiger partial charge in [0.2, 0.25) is 5.91 Å². The minimum atomic E-state index is -0.309. The van der Waals surface area contributed by atoms with Gasteiger partial charge in [0, 0.05) is 13.7 Å². The van der Waals surface area contributed by atoms with Crippen molar-refractivity contribution in [1.29, 1.82) is 0 Å². The molecule has 1 saturated heterocycles. The molecule has 0 spiro atoms. The van der Waals surface area contributed by atoms with Gasteiger partial charge < -0.3 is 15.4 Å². The summed E-state index contributed by atoms with van der Waals surface area (Å²) in [5.74, 6) is 0.496. The van der Waals surface area contributed by atoms with Gasteiger partial charge in [-0.05, 0) is 32.7 Å². The van der Waals surface area contributed by atoms with Crippen LogP contribution in [0.15, 0.2) is 0 Å². The minimum absolute atomic E-state index is 0.152. The molecule has 0 bridgehead atoms. The average molecular weight is 242 g/mol. The number of hydrogen-bond acceptors (Lipinski definition) is 3. The van der Waals surface area contributed by atoms with Gasteiger partial charge in [-0.15, -0.1) is 0 Å². The molecule has 17 heavy (non-hydrogen) atoms. The fourth-order valence-corrected chi connectivity index (χ4v) is 2.49. The van der Waals surface area contributed by atoms with E-state index >= 15 is 0 Å². The van der Waals surface area contributed by atoms with Crippen LogP contribution in [0.25, 0.3) is 0 Å². The van der Waals surface area contributed by atoms with Gasteiger partial charge in [0.15, 0.2) is 0 Å². The lowest BCUT2D eigenvalue weighted by atomic mass is 9.75. The summed E-state index contributed by atoms with van der Waals surface area (Å²) in [5, 5.41) is 6.42. The van der Waals surface area contributed by atoms with E-state index in [1.54, 1.807) is 7.11 Å². The Morgan fingerprint density at radius 3 is 2.59 bits per heavy atom. The number of amides is 1. The second kappa shape index (κ2) is 5.36. The van der Waals surface area contributed by atoms with Crippen molar-refractivity contribution in [1.82, 2.24) is 10.6 Å². The molecule has 1 heterocycles. The van der Waals surface area contributed by atoms with E-state index in [1.165, 1.54) is 0 Å². The number of carbonyl (C=O) groups is 1. The molecule has 1 atom stereocenters. The van der Waals surface area contributed by atoms with Gasteiger partial charge in [-0.2, -0.15) is 0 Å². The summed E-state index contributed by atoms with van der Waals surface area (Å²) in [7, 11) is 1.66. The highest BCUT2D eigenvalue weighted by Crippen LogP contribution is 2.34. The maximum absolute atomic E-state index is 12.5. The highest BCUT2D eigenvalue weighted by Gasteiger charge is 2.45. The first kappa shape index (κ1) is 14.5. The second-order valence-electron chi connectivity index (χ2n) is 6.01. The molecule has 0 aromatic rings.